The van der Waals surface area contributed by atoms with Gasteiger partial charge in [-0.15, -0.1) is 0 Å². The van der Waals surface area contributed by atoms with E-state index in [0.717, 1.165) is 31.6 Å². The van der Waals surface area contributed by atoms with E-state index in [1.807, 2.05) is 39.8 Å². The normalized spacial score (nSPS) is 19.5. The van der Waals surface area contributed by atoms with E-state index in [0.29, 0.717) is 12.2 Å². The first kappa shape index (κ1) is 22.2. The second kappa shape index (κ2) is 12.5. The van der Waals surface area contributed by atoms with Crippen LogP contribution < -0.4 is 4.74 Å². The Morgan fingerprint density at radius 3 is 2.00 bits per heavy atom. The first-order valence-corrected chi connectivity index (χ1v) is 10.2. The molecule has 2 heterocycles. The van der Waals surface area contributed by atoms with E-state index in [4.69, 9.17) is 9.47 Å². The molecule has 0 radical (unpaired) electrons. The number of benzene rings is 2. The minimum Gasteiger partial charge on any atom is -0.490 e. The molecule has 2 aromatic carbocycles. The SMILES string of the molecule is CC.CC.CC1CCc2ccccc2O1.CC1Cc2ccccc2CO1. The van der Waals surface area contributed by atoms with Gasteiger partial charge in [-0.25, -0.2) is 0 Å². The van der Waals surface area contributed by atoms with E-state index >= 15 is 0 Å². The number of para-hydroxylation sites is 1. The summed E-state index contributed by atoms with van der Waals surface area (Å²) >= 11 is 0. The van der Waals surface area contributed by atoms with Crippen LogP contribution in [0.3, 0.4) is 0 Å². The van der Waals surface area contributed by atoms with Crippen LogP contribution >= 0.6 is 0 Å². The van der Waals surface area contributed by atoms with Gasteiger partial charge in [0, 0.05) is 0 Å². The summed E-state index contributed by atoms with van der Waals surface area (Å²) in [4.78, 5) is 0. The Bertz CT molecular complexity index is 566. The predicted molar refractivity (Wildman–Crippen MR) is 112 cm³/mol. The fourth-order valence-corrected chi connectivity index (χ4v) is 2.96. The van der Waals surface area contributed by atoms with Crippen molar-refractivity contribution < 1.29 is 9.47 Å². The summed E-state index contributed by atoms with van der Waals surface area (Å²) in [5, 5.41) is 0. The maximum Gasteiger partial charge on any atom is 0.122 e. The number of hydrogen-bond acceptors (Lipinski definition) is 2. The molecule has 2 unspecified atom stereocenters. The molecule has 2 heteroatoms. The molecule has 2 aliphatic rings. The monoisotopic (exact) mass is 356 g/mol. The lowest BCUT2D eigenvalue weighted by atomic mass is 10.0. The quantitative estimate of drug-likeness (QED) is 0.529. The first-order valence-electron chi connectivity index (χ1n) is 10.2. The molecule has 0 aromatic heterocycles. The van der Waals surface area contributed by atoms with Crippen LogP contribution in [0, 0.1) is 0 Å². The molecule has 26 heavy (non-hydrogen) atoms. The Balaban J connectivity index is 0.000000219. The number of rotatable bonds is 0. The highest BCUT2D eigenvalue weighted by Gasteiger charge is 2.14. The standard InChI is InChI=1S/2C10H12O.2C2H6/c1-8-6-9-4-2-3-5-10(9)7-11-8;1-8-6-7-9-4-2-3-5-10(9)11-8;2*1-2/h2*2-5,8H,6-7H2,1H3;2*1-2H3. The zero-order valence-electron chi connectivity index (χ0n) is 17.4. The third-order valence-electron chi connectivity index (χ3n) is 4.27. The van der Waals surface area contributed by atoms with Crippen molar-refractivity contribution in [2.45, 2.75) is 79.6 Å². The fourth-order valence-electron chi connectivity index (χ4n) is 2.96. The molecule has 0 aliphatic carbocycles. The van der Waals surface area contributed by atoms with Gasteiger partial charge in [-0.05, 0) is 55.9 Å². The van der Waals surface area contributed by atoms with Crippen LogP contribution in [0.25, 0.3) is 0 Å². The molecule has 0 bridgehead atoms. The van der Waals surface area contributed by atoms with Crippen LogP contribution in [0.15, 0.2) is 48.5 Å². The summed E-state index contributed by atoms with van der Waals surface area (Å²) in [6, 6.07) is 16.8. The Morgan fingerprint density at radius 2 is 1.31 bits per heavy atom. The lowest BCUT2D eigenvalue weighted by Gasteiger charge is -2.22. The maximum atomic E-state index is 5.63. The first-order chi connectivity index (χ1) is 12.7. The van der Waals surface area contributed by atoms with Crippen LogP contribution in [-0.2, 0) is 24.2 Å². The van der Waals surface area contributed by atoms with Crippen molar-refractivity contribution in [3.05, 3.63) is 65.2 Å². The van der Waals surface area contributed by atoms with Gasteiger partial charge in [-0.3, -0.25) is 0 Å². The molecule has 2 atom stereocenters. The van der Waals surface area contributed by atoms with Crippen molar-refractivity contribution in [3.8, 4) is 5.75 Å². The molecule has 144 valence electrons. The predicted octanol–water partition coefficient (Wildman–Crippen LogP) is 6.60. The minimum atomic E-state index is 0.393. The van der Waals surface area contributed by atoms with E-state index in [-0.39, 0.29) is 0 Å². The molecule has 2 aliphatic heterocycles. The molecule has 2 aromatic rings. The van der Waals surface area contributed by atoms with Crippen molar-refractivity contribution in [1.29, 1.82) is 0 Å². The van der Waals surface area contributed by atoms with Crippen molar-refractivity contribution in [2.24, 2.45) is 0 Å². The topological polar surface area (TPSA) is 18.5 Å². The number of ether oxygens (including phenoxy) is 2. The van der Waals surface area contributed by atoms with Gasteiger partial charge in [0.05, 0.1) is 18.8 Å². The number of hydrogen-bond donors (Lipinski definition) is 0. The van der Waals surface area contributed by atoms with E-state index in [1.54, 1.807) is 0 Å². The van der Waals surface area contributed by atoms with Crippen molar-refractivity contribution in [3.63, 3.8) is 0 Å². The Morgan fingerprint density at radius 1 is 0.731 bits per heavy atom. The zero-order chi connectivity index (χ0) is 19.4. The molecule has 0 amide bonds. The maximum absolute atomic E-state index is 5.63. The summed E-state index contributed by atoms with van der Waals surface area (Å²) in [5.74, 6) is 1.08. The highest BCUT2D eigenvalue weighted by molar-refractivity contribution is 5.34. The molecule has 4 rings (SSSR count). The molecular weight excluding hydrogens is 320 g/mol. The second-order valence-corrected chi connectivity index (χ2v) is 6.17. The van der Waals surface area contributed by atoms with Crippen LogP contribution in [0.5, 0.6) is 5.75 Å². The van der Waals surface area contributed by atoms with Gasteiger partial charge in [0.25, 0.3) is 0 Å². The Kier molecular flexibility index (Phi) is 10.7. The molecule has 0 N–H and O–H groups in total. The van der Waals surface area contributed by atoms with E-state index in [9.17, 15) is 0 Å². The van der Waals surface area contributed by atoms with Gasteiger partial charge >= 0.3 is 0 Å². The third-order valence-corrected chi connectivity index (χ3v) is 4.27. The van der Waals surface area contributed by atoms with Crippen molar-refractivity contribution in [2.75, 3.05) is 0 Å². The summed E-state index contributed by atoms with van der Waals surface area (Å²) in [6.07, 6.45) is 4.17. The Labute approximate surface area is 160 Å². The summed E-state index contributed by atoms with van der Waals surface area (Å²) < 4.78 is 11.1. The number of fused-ring (bicyclic) bond motifs is 2. The average Bonchev–Trinajstić information content (AvgIpc) is 2.71. The molecule has 0 saturated heterocycles. The van der Waals surface area contributed by atoms with Crippen LogP contribution in [-0.4, -0.2) is 12.2 Å². The lowest BCUT2D eigenvalue weighted by molar-refractivity contribution is 0.0410. The molecular formula is C24H36O2. The second-order valence-electron chi connectivity index (χ2n) is 6.17. The van der Waals surface area contributed by atoms with Crippen molar-refractivity contribution in [1.82, 2.24) is 0 Å². The summed E-state index contributed by atoms with van der Waals surface area (Å²) in [7, 11) is 0. The summed E-state index contributed by atoms with van der Waals surface area (Å²) in [5.41, 5.74) is 4.16. The lowest BCUT2D eigenvalue weighted by Crippen LogP contribution is -2.18. The van der Waals surface area contributed by atoms with Crippen molar-refractivity contribution >= 4 is 0 Å². The van der Waals surface area contributed by atoms with Gasteiger partial charge in [-0.2, -0.15) is 0 Å². The fraction of sp³-hybridized carbons (Fsp3) is 0.500. The van der Waals surface area contributed by atoms with E-state index in [2.05, 4.69) is 50.2 Å². The number of aryl methyl sites for hydroxylation is 1. The molecule has 2 nitrogen and oxygen atoms in total. The largest absolute Gasteiger partial charge is 0.490 e. The zero-order valence-corrected chi connectivity index (χ0v) is 17.4. The van der Waals surface area contributed by atoms with Gasteiger partial charge in [0.2, 0.25) is 0 Å². The molecule has 0 saturated carbocycles. The smallest absolute Gasteiger partial charge is 0.122 e. The van der Waals surface area contributed by atoms with E-state index < -0.39 is 0 Å². The molecule has 0 fully saturated rings. The minimum absolute atomic E-state index is 0.393. The van der Waals surface area contributed by atoms with Crippen LogP contribution in [0.1, 0.15) is 64.7 Å². The van der Waals surface area contributed by atoms with Gasteiger partial charge in [0.15, 0.2) is 0 Å². The van der Waals surface area contributed by atoms with Gasteiger partial charge in [-0.1, -0.05) is 70.2 Å². The van der Waals surface area contributed by atoms with Gasteiger partial charge < -0.3 is 9.47 Å². The highest BCUT2D eigenvalue weighted by Crippen LogP contribution is 2.26. The van der Waals surface area contributed by atoms with Gasteiger partial charge in [0.1, 0.15) is 5.75 Å². The third kappa shape index (κ3) is 6.84. The Hall–Kier alpha value is -1.80. The average molecular weight is 357 g/mol. The molecule has 0 spiro atoms. The van der Waals surface area contributed by atoms with Crippen LogP contribution in [0.2, 0.25) is 0 Å². The van der Waals surface area contributed by atoms with E-state index in [1.165, 1.54) is 16.7 Å². The van der Waals surface area contributed by atoms with Crippen LogP contribution in [0.4, 0.5) is 0 Å². The highest BCUT2D eigenvalue weighted by atomic mass is 16.5. The summed E-state index contributed by atoms with van der Waals surface area (Å²) in [6.45, 7) is 13.0.